The summed E-state index contributed by atoms with van der Waals surface area (Å²) in [5.41, 5.74) is 6.33. The second-order valence-corrected chi connectivity index (χ2v) is 7.33. The average Bonchev–Trinajstić information content (AvgIpc) is 2.62. The predicted molar refractivity (Wildman–Crippen MR) is 120 cm³/mol. The Bertz CT molecular complexity index is 744. The third-order valence-electron chi connectivity index (χ3n) is 4.15. The molecule has 1 nitrogen and oxygen atoms in total. The third kappa shape index (κ3) is 6.25. The summed E-state index contributed by atoms with van der Waals surface area (Å²) in [6.07, 6.45) is 6.31. The molecule has 0 amide bonds. The van der Waals surface area contributed by atoms with Crippen molar-refractivity contribution in [1.29, 1.82) is 0 Å². The van der Waals surface area contributed by atoms with Gasteiger partial charge in [-0.2, -0.15) is 0 Å². The van der Waals surface area contributed by atoms with Gasteiger partial charge in [-0.25, -0.2) is 0 Å². The molecule has 0 radical (unpaired) electrons. The molecule has 0 heterocycles. The second-order valence-electron chi connectivity index (χ2n) is 6.42. The largest absolute Gasteiger partial charge is 0.265 e. The van der Waals surface area contributed by atoms with E-state index in [1.807, 2.05) is 6.21 Å². The van der Waals surface area contributed by atoms with E-state index < -0.39 is 0 Å². The number of rotatable bonds is 5. The van der Waals surface area contributed by atoms with Gasteiger partial charge in [0.25, 0.3) is 0 Å². The van der Waals surface area contributed by atoms with Gasteiger partial charge in [0.15, 0.2) is 0 Å². The molecule has 2 aromatic rings. The molecule has 0 N–H and O–H groups in total. The molecule has 0 saturated carbocycles. The highest BCUT2D eigenvalue weighted by Gasteiger charge is 2.20. The van der Waals surface area contributed by atoms with Crippen LogP contribution >= 0.6 is 15.9 Å². The van der Waals surface area contributed by atoms with Gasteiger partial charge in [0, 0.05) is 16.4 Å². The van der Waals surface area contributed by atoms with E-state index in [1.54, 1.807) is 0 Å². The van der Waals surface area contributed by atoms with Crippen LogP contribution in [0.5, 0.6) is 0 Å². The first-order chi connectivity index (χ1) is 12.5. The summed E-state index contributed by atoms with van der Waals surface area (Å²) in [6.45, 7) is 12.8. The fourth-order valence-corrected chi connectivity index (χ4v) is 3.21. The molecule has 0 aliphatic rings. The number of halogens is 1. The number of hydrogen-bond donors (Lipinski definition) is 0. The van der Waals surface area contributed by atoms with Crippen LogP contribution in [0.15, 0.2) is 63.7 Å². The Balaban J connectivity index is 0.00000105. The molecule has 26 heavy (non-hydrogen) atoms. The first-order valence-electron chi connectivity index (χ1n) is 9.50. The highest BCUT2D eigenvalue weighted by molar-refractivity contribution is 9.10. The van der Waals surface area contributed by atoms with Gasteiger partial charge in [-0.05, 0) is 61.6 Å². The lowest BCUT2D eigenvalue weighted by Gasteiger charge is -2.22. The van der Waals surface area contributed by atoms with Gasteiger partial charge in [-0.1, -0.05) is 79.5 Å². The number of nitrogens with zero attached hydrogens (tertiary/aromatic N) is 1. The number of allylic oxidation sites excluding steroid dienone is 2. The van der Waals surface area contributed by atoms with E-state index in [9.17, 15) is 0 Å². The van der Waals surface area contributed by atoms with Crippen LogP contribution < -0.4 is 0 Å². The minimum Gasteiger partial charge on any atom is -0.265 e. The van der Waals surface area contributed by atoms with Crippen molar-refractivity contribution in [2.24, 2.45) is 4.99 Å². The smallest absolute Gasteiger partial charge is 0.0512 e. The standard InChI is InChI=1S/C21H24BrN.C3H8/c1-5-13-23-20(6-2)21(17-10-8-11-18(22)14-17)19-12-7-9-15(3)16(19)4;1-3-2/h6-14,21H,5H2,1-4H3;3H2,1-2H3/b20-6-,23-13?;. The maximum absolute atomic E-state index is 4.74. The highest BCUT2D eigenvalue weighted by atomic mass is 79.9. The molecular formula is C24H32BrN. The van der Waals surface area contributed by atoms with Gasteiger partial charge in [-0.3, -0.25) is 4.99 Å². The monoisotopic (exact) mass is 413 g/mol. The molecule has 2 heteroatoms. The van der Waals surface area contributed by atoms with Gasteiger partial charge >= 0.3 is 0 Å². The van der Waals surface area contributed by atoms with Crippen LogP contribution in [0.1, 0.15) is 68.7 Å². The Morgan fingerprint density at radius 1 is 1.08 bits per heavy atom. The predicted octanol–water partition coefficient (Wildman–Crippen LogP) is 8.00. The molecule has 0 bridgehead atoms. The van der Waals surface area contributed by atoms with Crippen LogP contribution in [0.2, 0.25) is 0 Å². The SMILES string of the molecule is C/C=C(\N=CCC)C(c1cccc(Br)c1)c1cccc(C)c1C.CCC. The van der Waals surface area contributed by atoms with Gasteiger partial charge in [0.1, 0.15) is 0 Å². The summed E-state index contributed by atoms with van der Waals surface area (Å²) in [6, 6.07) is 15.1. The minimum absolute atomic E-state index is 0.153. The Morgan fingerprint density at radius 2 is 1.73 bits per heavy atom. The van der Waals surface area contributed by atoms with Crippen molar-refractivity contribution in [3.63, 3.8) is 0 Å². The molecule has 0 aliphatic carbocycles. The van der Waals surface area contributed by atoms with Gasteiger partial charge in [0.2, 0.25) is 0 Å². The van der Waals surface area contributed by atoms with E-state index in [4.69, 9.17) is 4.99 Å². The number of hydrogen-bond acceptors (Lipinski definition) is 1. The molecule has 2 rings (SSSR count). The first-order valence-corrected chi connectivity index (χ1v) is 10.3. The summed E-state index contributed by atoms with van der Waals surface area (Å²) < 4.78 is 1.10. The maximum atomic E-state index is 4.74. The van der Waals surface area contributed by atoms with Gasteiger partial charge in [0.05, 0.1) is 5.92 Å². The molecule has 0 fully saturated rings. The topological polar surface area (TPSA) is 12.4 Å². The molecule has 0 spiro atoms. The fourth-order valence-electron chi connectivity index (χ4n) is 2.79. The molecule has 1 atom stereocenters. The zero-order valence-corrected chi connectivity index (χ0v) is 18.6. The minimum atomic E-state index is 0.153. The second kappa shape index (κ2) is 11.9. The lowest BCUT2D eigenvalue weighted by molar-refractivity contribution is 0.909. The Labute approximate surface area is 168 Å². The van der Waals surface area contributed by atoms with Crippen LogP contribution in [-0.4, -0.2) is 6.21 Å². The van der Waals surface area contributed by atoms with Crippen molar-refractivity contribution in [2.75, 3.05) is 0 Å². The van der Waals surface area contributed by atoms with E-state index in [0.29, 0.717) is 0 Å². The summed E-state index contributed by atoms with van der Waals surface area (Å²) in [7, 11) is 0. The fraction of sp³-hybridized carbons (Fsp3) is 0.375. The Kier molecular flexibility index (Phi) is 10.2. The van der Waals surface area contributed by atoms with Gasteiger partial charge < -0.3 is 0 Å². The van der Waals surface area contributed by atoms with E-state index >= 15 is 0 Å². The van der Waals surface area contributed by atoms with Crippen molar-refractivity contribution in [3.05, 3.63) is 81.0 Å². The molecular weight excluding hydrogens is 382 g/mol. The number of benzene rings is 2. The summed E-state index contributed by atoms with van der Waals surface area (Å²) in [5.74, 6) is 0.153. The zero-order valence-electron chi connectivity index (χ0n) is 17.0. The van der Waals surface area contributed by atoms with Crippen LogP contribution in [0.4, 0.5) is 0 Å². The Hall–Kier alpha value is -1.67. The summed E-state index contributed by atoms with van der Waals surface area (Å²) in [5, 5.41) is 0. The van der Waals surface area contributed by atoms with Crippen LogP contribution in [-0.2, 0) is 0 Å². The Morgan fingerprint density at radius 3 is 2.31 bits per heavy atom. The van der Waals surface area contributed by atoms with Crippen molar-refractivity contribution in [2.45, 2.75) is 60.3 Å². The first kappa shape index (κ1) is 22.4. The molecule has 0 saturated heterocycles. The molecule has 1 unspecified atom stereocenters. The van der Waals surface area contributed by atoms with Crippen LogP contribution in [0, 0.1) is 13.8 Å². The molecule has 2 aromatic carbocycles. The molecule has 0 aromatic heterocycles. The lowest BCUT2D eigenvalue weighted by Crippen LogP contribution is -2.07. The normalized spacial score (nSPS) is 12.7. The highest BCUT2D eigenvalue weighted by Crippen LogP contribution is 2.36. The molecule has 140 valence electrons. The van der Waals surface area contributed by atoms with Crippen molar-refractivity contribution in [3.8, 4) is 0 Å². The van der Waals surface area contributed by atoms with Crippen molar-refractivity contribution in [1.82, 2.24) is 0 Å². The number of aryl methyl sites for hydroxylation is 1. The quantitative estimate of drug-likeness (QED) is 0.440. The molecule has 0 aliphatic heterocycles. The maximum Gasteiger partial charge on any atom is 0.0512 e. The van der Waals surface area contributed by atoms with E-state index in [-0.39, 0.29) is 5.92 Å². The lowest BCUT2D eigenvalue weighted by atomic mass is 9.84. The van der Waals surface area contributed by atoms with Crippen LogP contribution in [0.3, 0.4) is 0 Å². The summed E-state index contributed by atoms with van der Waals surface area (Å²) >= 11 is 3.60. The zero-order chi connectivity index (χ0) is 19.5. The number of aliphatic imine (C=N–C) groups is 1. The van der Waals surface area contributed by atoms with Crippen molar-refractivity contribution < 1.29 is 0 Å². The van der Waals surface area contributed by atoms with E-state index in [1.165, 1.54) is 28.7 Å². The summed E-state index contributed by atoms with van der Waals surface area (Å²) in [4.78, 5) is 4.74. The van der Waals surface area contributed by atoms with Crippen molar-refractivity contribution >= 4 is 22.1 Å². The third-order valence-corrected chi connectivity index (χ3v) is 4.65. The van der Waals surface area contributed by atoms with E-state index in [2.05, 4.69) is 106 Å². The van der Waals surface area contributed by atoms with Crippen LogP contribution in [0.25, 0.3) is 0 Å². The van der Waals surface area contributed by atoms with E-state index in [0.717, 1.165) is 16.6 Å². The average molecular weight is 414 g/mol. The van der Waals surface area contributed by atoms with Gasteiger partial charge in [-0.15, -0.1) is 0 Å².